The predicted molar refractivity (Wildman–Crippen MR) is 34.2 cm³/mol. The molecule has 0 unspecified atom stereocenters. The van der Waals surface area contributed by atoms with Crippen LogP contribution in [0.1, 0.15) is 0 Å². The fourth-order valence-corrected chi connectivity index (χ4v) is 0. The second-order valence-electron chi connectivity index (χ2n) is 0. The van der Waals surface area contributed by atoms with Crippen molar-refractivity contribution in [2.45, 2.75) is 0 Å². The molecule has 0 aliphatic heterocycles. The van der Waals surface area contributed by atoms with Crippen LogP contribution in [0, 0.1) is 0 Å². The van der Waals surface area contributed by atoms with E-state index < -0.39 is 0 Å². The molecule has 0 nitrogen and oxygen atoms in total. The Hall–Kier alpha value is 3.86. The molecule has 0 spiro atoms. The second kappa shape index (κ2) is 24.8. The van der Waals surface area contributed by atoms with Gasteiger partial charge in [-0.05, 0) is 0 Å². The normalized spacial score (nSPS) is 0. The van der Waals surface area contributed by atoms with Crippen molar-refractivity contribution in [2.75, 3.05) is 0 Å². The first-order valence-electron chi connectivity index (χ1n) is 0. The van der Waals surface area contributed by atoms with Crippen LogP contribution < -0.4 is 0 Å². The van der Waals surface area contributed by atoms with Gasteiger partial charge in [-0.1, -0.05) is 0 Å². The predicted octanol–water partition coefficient (Wildman–Crippen LogP) is -3.67. The summed E-state index contributed by atoms with van der Waals surface area (Å²) in [6.07, 6.45) is 0. The summed E-state index contributed by atoms with van der Waals surface area (Å²) in [5.41, 5.74) is 0. The molecule has 8 radical (unpaired) electrons. The van der Waals surface area contributed by atoms with Crippen LogP contribution in [0.4, 0.5) is 0 Å². The quantitative estimate of drug-likeness (QED) is 0.256. The molecule has 0 aromatic heterocycles. The fraction of sp³-hybridized carbons (Fsp3) is 0. The zero-order valence-electron chi connectivity index (χ0n) is 3.14. The van der Waals surface area contributed by atoms with E-state index in [0.29, 0.717) is 0 Å². The van der Waals surface area contributed by atoms with Gasteiger partial charge in [0.1, 0.15) is 0 Å². The van der Waals surface area contributed by atoms with Crippen molar-refractivity contribution in [3.8, 4) is 0 Å². The molecule has 0 heterocycles. The molecule has 0 aromatic rings. The molecule has 0 amide bonds. The maximum atomic E-state index is 0. The van der Waals surface area contributed by atoms with Gasteiger partial charge in [0.25, 0.3) is 0 Å². The van der Waals surface area contributed by atoms with Gasteiger partial charge in [-0.3, -0.25) is 0 Å². The molecule has 5 heavy (non-hydrogen) atoms. The summed E-state index contributed by atoms with van der Waals surface area (Å²) in [5.74, 6) is 0. The number of rotatable bonds is 0. The number of hydrogen-bond acceptors (Lipinski definition) is 0. The van der Waals surface area contributed by atoms with Gasteiger partial charge in [0.05, 0.1) is 0 Å². The van der Waals surface area contributed by atoms with Crippen molar-refractivity contribution in [3.63, 3.8) is 0 Å². The Bertz CT molecular complexity index is 3.61. The second-order valence-corrected chi connectivity index (χ2v) is 0. The molecule has 34 valence electrons. The molecule has 0 saturated carbocycles. The van der Waals surface area contributed by atoms with Crippen LogP contribution in [0.25, 0.3) is 0 Å². The Balaban J connectivity index is 0. The van der Waals surface area contributed by atoms with Crippen molar-refractivity contribution >= 4 is 95.6 Å². The average Bonchev–Trinajstić information content (AvgIpc) is 0. The molecule has 0 bridgehead atoms. The van der Waals surface area contributed by atoms with Crippen LogP contribution in [-0.2, 0) is 20.4 Å². The van der Waals surface area contributed by atoms with Gasteiger partial charge in [0.15, 0.2) is 0 Å². The summed E-state index contributed by atoms with van der Waals surface area (Å²) in [4.78, 5) is 0. The van der Waals surface area contributed by atoms with E-state index in [1.165, 1.54) is 0 Å². The van der Waals surface area contributed by atoms with Crippen molar-refractivity contribution < 1.29 is 20.4 Å². The molecule has 0 aliphatic carbocycles. The van der Waals surface area contributed by atoms with Crippen LogP contribution in [0.3, 0.4) is 0 Å². The topological polar surface area (TPSA) is 0 Å². The van der Waals surface area contributed by atoms with E-state index in [1.807, 2.05) is 0 Å². The summed E-state index contributed by atoms with van der Waals surface area (Å²) >= 11 is 0. The Labute approximate surface area is 113 Å². The molecular weight excluding hydrogens is 581 g/mol. The molecule has 0 N–H and O–H groups in total. The van der Waals surface area contributed by atoms with E-state index in [0.717, 1.165) is 0 Å². The van der Waals surface area contributed by atoms with Gasteiger partial charge in [-0.15, -0.1) is 0 Å². The molecule has 0 aromatic carbocycles. The molecular formula is H8PdSn4. The molecule has 5 heteroatoms. The van der Waals surface area contributed by atoms with Crippen LogP contribution in [-0.4, -0.2) is 95.6 Å². The van der Waals surface area contributed by atoms with Gasteiger partial charge in [-0.2, -0.15) is 0 Å². The van der Waals surface area contributed by atoms with Gasteiger partial charge in [-0.25, -0.2) is 0 Å². The zero-order chi connectivity index (χ0) is 0. The molecule has 0 atom stereocenters. The summed E-state index contributed by atoms with van der Waals surface area (Å²) in [5, 5.41) is 0. The van der Waals surface area contributed by atoms with Gasteiger partial charge >= 0.3 is 95.6 Å². The first-order valence-corrected chi connectivity index (χ1v) is 0. The Kier molecular flexibility index (Phi) is 183. The molecule has 0 aliphatic rings. The van der Waals surface area contributed by atoms with E-state index in [2.05, 4.69) is 0 Å². The summed E-state index contributed by atoms with van der Waals surface area (Å²) < 4.78 is 0. The van der Waals surface area contributed by atoms with Crippen LogP contribution in [0.15, 0.2) is 0 Å². The third-order valence-corrected chi connectivity index (χ3v) is 0. The first kappa shape index (κ1) is 36.8. The third kappa shape index (κ3) is 18.1. The SMILES string of the molecule is [Pd].[SnH2].[SnH2].[SnH2].[SnH2]. The van der Waals surface area contributed by atoms with E-state index in [-0.39, 0.29) is 116 Å². The standard InChI is InChI=1S/Pd.4Sn.8H. The summed E-state index contributed by atoms with van der Waals surface area (Å²) in [6, 6.07) is 0. The minimum absolute atomic E-state index is 0. The van der Waals surface area contributed by atoms with Crippen molar-refractivity contribution in [1.29, 1.82) is 0 Å². The van der Waals surface area contributed by atoms with Crippen LogP contribution in [0.2, 0.25) is 0 Å². The fourth-order valence-electron chi connectivity index (χ4n) is 0. The van der Waals surface area contributed by atoms with Gasteiger partial charge in [0.2, 0.25) is 0 Å². The summed E-state index contributed by atoms with van der Waals surface area (Å²) in [6.45, 7) is 0. The molecule has 0 rings (SSSR count). The maximum absolute atomic E-state index is 0. The molecule has 0 fully saturated rings. The average molecular weight is 589 g/mol. The van der Waals surface area contributed by atoms with Crippen LogP contribution in [0.5, 0.6) is 0 Å². The van der Waals surface area contributed by atoms with Gasteiger partial charge in [0, 0.05) is 20.4 Å². The minimum atomic E-state index is 0. The Morgan fingerprint density at radius 3 is 0.400 bits per heavy atom. The van der Waals surface area contributed by atoms with E-state index in [4.69, 9.17) is 0 Å². The van der Waals surface area contributed by atoms with Crippen molar-refractivity contribution in [3.05, 3.63) is 0 Å². The van der Waals surface area contributed by atoms with Crippen molar-refractivity contribution in [1.82, 2.24) is 0 Å². The number of hydrogen-bond donors (Lipinski definition) is 0. The zero-order valence-corrected chi connectivity index (χ0v) is 20.8. The Morgan fingerprint density at radius 2 is 0.400 bits per heavy atom. The van der Waals surface area contributed by atoms with Crippen molar-refractivity contribution in [2.24, 2.45) is 0 Å². The van der Waals surface area contributed by atoms with Gasteiger partial charge < -0.3 is 0 Å². The summed E-state index contributed by atoms with van der Waals surface area (Å²) in [7, 11) is 0. The van der Waals surface area contributed by atoms with E-state index in [1.54, 1.807) is 0 Å². The molecule has 0 saturated heterocycles. The van der Waals surface area contributed by atoms with Crippen LogP contribution >= 0.6 is 0 Å². The first-order chi connectivity index (χ1) is 0. The third-order valence-electron chi connectivity index (χ3n) is 0. The Morgan fingerprint density at radius 1 is 0.400 bits per heavy atom. The monoisotopic (exact) mass is 594 g/mol. The van der Waals surface area contributed by atoms with E-state index >= 15 is 0 Å². The van der Waals surface area contributed by atoms with E-state index in [9.17, 15) is 0 Å².